The Morgan fingerprint density at radius 2 is 1.91 bits per heavy atom. The molecule has 1 aliphatic carbocycles. The number of likely N-dealkylation sites (tertiary alicyclic amines) is 1. The number of hydrogen-bond donors (Lipinski definition) is 0. The minimum absolute atomic E-state index is 0.0582. The Morgan fingerprint density at radius 3 is 2.55 bits per heavy atom. The fraction of sp³-hybridized carbons (Fsp3) is 0.611. The molecule has 2 unspecified atom stereocenters. The third kappa shape index (κ3) is 2.79. The van der Waals surface area contributed by atoms with E-state index in [4.69, 9.17) is 9.47 Å². The van der Waals surface area contributed by atoms with Crippen LogP contribution in [0.4, 0.5) is 0 Å². The summed E-state index contributed by atoms with van der Waals surface area (Å²) in [6.45, 7) is 4.55. The second-order valence-electron chi connectivity index (χ2n) is 6.68. The van der Waals surface area contributed by atoms with Crippen LogP contribution in [0.15, 0.2) is 24.3 Å². The number of piperidine rings is 1. The second kappa shape index (κ2) is 6.19. The molecule has 1 aromatic rings. The Labute approximate surface area is 132 Å². The van der Waals surface area contributed by atoms with Gasteiger partial charge in [-0.15, -0.1) is 0 Å². The van der Waals surface area contributed by atoms with Gasteiger partial charge in [-0.1, -0.05) is 13.8 Å². The summed E-state index contributed by atoms with van der Waals surface area (Å²) in [5.74, 6) is 2.59. The Balaban J connectivity index is 1.66. The lowest BCUT2D eigenvalue weighted by atomic mass is 9.98. The molecule has 22 heavy (non-hydrogen) atoms. The van der Waals surface area contributed by atoms with Crippen LogP contribution in [0.2, 0.25) is 0 Å². The van der Waals surface area contributed by atoms with Gasteiger partial charge in [0.1, 0.15) is 18.1 Å². The second-order valence-corrected chi connectivity index (χ2v) is 6.68. The van der Waals surface area contributed by atoms with Crippen molar-refractivity contribution in [3.8, 4) is 11.5 Å². The minimum Gasteiger partial charge on any atom is -0.497 e. The van der Waals surface area contributed by atoms with Crippen molar-refractivity contribution >= 4 is 5.91 Å². The molecule has 2 bridgehead atoms. The highest BCUT2D eigenvalue weighted by Gasteiger charge is 2.48. The van der Waals surface area contributed by atoms with Gasteiger partial charge in [-0.05, 0) is 49.4 Å². The van der Waals surface area contributed by atoms with Crippen LogP contribution in [-0.4, -0.2) is 36.6 Å². The number of amides is 1. The summed E-state index contributed by atoms with van der Waals surface area (Å²) in [4.78, 5) is 14.6. The van der Waals surface area contributed by atoms with Crippen LogP contribution in [0.5, 0.6) is 11.5 Å². The van der Waals surface area contributed by atoms with Crippen LogP contribution in [0.25, 0.3) is 0 Å². The maximum absolute atomic E-state index is 12.5. The molecule has 0 N–H and O–H groups in total. The van der Waals surface area contributed by atoms with Gasteiger partial charge in [-0.2, -0.15) is 0 Å². The largest absolute Gasteiger partial charge is 0.497 e. The first-order valence-electron chi connectivity index (χ1n) is 8.19. The maximum atomic E-state index is 12.5. The molecule has 1 saturated heterocycles. The van der Waals surface area contributed by atoms with E-state index in [0.29, 0.717) is 18.6 Å². The number of rotatable bonds is 5. The zero-order valence-corrected chi connectivity index (χ0v) is 13.6. The number of fused-ring (bicyclic) bond motifs is 2. The number of carbonyl (C=O) groups excluding carboxylic acids is 1. The maximum Gasteiger partial charge on any atom is 0.225 e. The molecule has 3 rings (SSSR count). The Bertz CT molecular complexity index is 526. The van der Waals surface area contributed by atoms with Gasteiger partial charge in [0.2, 0.25) is 5.91 Å². The van der Waals surface area contributed by atoms with E-state index in [2.05, 4.69) is 4.90 Å². The first kappa shape index (κ1) is 15.2. The number of ether oxygens (including phenoxy) is 2. The van der Waals surface area contributed by atoms with Crippen molar-refractivity contribution in [2.45, 2.75) is 45.2 Å². The molecule has 0 spiro atoms. The minimum atomic E-state index is 0.0582. The van der Waals surface area contributed by atoms with Gasteiger partial charge in [-0.3, -0.25) is 4.79 Å². The number of hydrogen-bond acceptors (Lipinski definition) is 3. The average Bonchev–Trinajstić information content (AvgIpc) is 3.13. The molecule has 1 heterocycles. The van der Waals surface area contributed by atoms with E-state index in [1.54, 1.807) is 7.11 Å². The van der Waals surface area contributed by atoms with Crippen molar-refractivity contribution in [3.05, 3.63) is 24.3 Å². The predicted octanol–water partition coefficient (Wildman–Crippen LogP) is 3.11. The third-order valence-electron chi connectivity index (χ3n) is 4.97. The Kier molecular flexibility index (Phi) is 4.27. The number of methoxy groups -OCH3 is 1. The van der Waals surface area contributed by atoms with E-state index in [1.165, 1.54) is 6.42 Å². The van der Waals surface area contributed by atoms with Crippen LogP contribution in [-0.2, 0) is 4.79 Å². The van der Waals surface area contributed by atoms with E-state index >= 15 is 0 Å². The molecule has 3 atom stereocenters. The quantitative estimate of drug-likeness (QED) is 0.839. The number of carbonyl (C=O) groups is 1. The highest BCUT2D eigenvalue weighted by atomic mass is 16.5. The summed E-state index contributed by atoms with van der Waals surface area (Å²) in [5, 5.41) is 0. The average molecular weight is 303 g/mol. The first-order valence-corrected chi connectivity index (χ1v) is 8.19. The molecular weight excluding hydrogens is 278 g/mol. The van der Waals surface area contributed by atoms with Crippen LogP contribution >= 0.6 is 0 Å². The van der Waals surface area contributed by atoms with Gasteiger partial charge in [0.05, 0.1) is 13.2 Å². The summed E-state index contributed by atoms with van der Waals surface area (Å²) < 4.78 is 11.1. The van der Waals surface area contributed by atoms with Crippen LogP contribution in [0, 0.1) is 11.8 Å². The van der Waals surface area contributed by atoms with Gasteiger partial charge in [-0.25, -0.2) is 0 Å². The first-order chi connectivity index (χ1) is 10.6. The van der Waals surface area contributed by atoms with E-state index in [9.17, 15) is 4.79 Å². The fourth-order valence-electron chi connectivity index (χ4n) is 3.80. The molecule has 4 nitrogen and oxygen atoms in total. The molecule has 0 radical (unpaired) electrons. The topological polar surface area (TPSA) is 38.8 Å². The molecule has 1 amide bonds. The fourth-order valence-corrected chi connectivity index (χ4v) is 3.80. The van der Waals surface area contributed by atoms with Gasteiger partial charge >= 0.3 is 0 Å². The third-order valence-corrected chi connectivity index (χ3v) is 4.97. The molecule has 2 aliphatic rings. The van der Waals surface area contributed by atoms with E-state index in [-0.39, 0.29) is 17.9 Å². The molecule has 1 aromatic carbocycles. The van der Waals surface area contributed by atoms with Crippen LogP contribution in [0.3, 0.4) is 0 Å². The Hall–Kier alpha value is -1.71. The van der Waals surface area contributed by atoms with Crippen LogP contribution in [0.1, 0.15) is 33.1 Å². The zero-order chi connectivity index (χ0) is 15.7. The zero-order valence-electron chi connectivity index (χ0n) is 13.6. The SMILES string of the molecule is COc1ccc(OC[C@H]2C3CCC(C3)N2C(=O)C(C)C)cc1. The molecule has 0 aromatic heterocycles. The van der Waals surface area contributed by atoms with Gasteiger partial charge in [0.25, 0.3) is 0 Å². The lowest BCUT2D eigenvalue weighted by molar-refractivity contribution is -0.139. The van der Waals surface area contributed by atoms with E-state index in [1.807, 2.05) is 38.1 Å². The predicted molar refractivity (Wildman–Crippen MR) is 85.1 cm³/mol. The lowest BCUT2D eigenvalue weighted by Gasteiger charge is -2.36. The van der Waals surface area contributed by atoms with E-state index in [0.717, 1.165) is 24.3 Å². The summed E-state index contributed by atoms with van der Waals surface area (Å²) >= 11 is 0. The molecule has 120 valence electrons. The van der Waals surface area contributed by atoms with Gasteiger partial charge in [0, 0.05) is 12.0 Å². The molecular formula is C18H25NO3. The molecule has 1 saturated carbocycles. The van der Waals surface area contributed by atoms with Gasteiger partial charge < -0.3 is 14.4 Å². The lowest BCUT2D eigenvalue weighted by Crippen LogP contribution is -2.49. The molecule has 2 fully saturated rings. The van der Waals surface area contributed by atoms with Crippen molar-refractivity contribution < 1.29 is 14.3 Å². The van der Waals surface area contributed by atoms with Crippen molar-refractivity contribution in [1.82, 2.24) is 4.90 Å². The van der Waals surface area contributed by atoms with Crippen molar-refractivity contribution in [2.75, 3.05) is 13.7 Å². The summed E-state index contributed by atoms with van der Waals surface area (Å²) in [5.41, 5.74) is 0. The molecule has 1 aliphatic heterocycles. The number of benzene rings is 1. The highest BCUT2D eigenvalue weighted by Crippen LogP contribution is 2.43. The van der Waals surface area contributed by atoms with Crippen molar-refractivity contribution in [2.24, 2.45) is 11.8 Å². The standard InChI is InChI=1S/C18H25NO3/c1-12(2)18(20)19-14-5-4-13(10-14)17(19)11-22-16-8-6-15(21-3)7-9-16/h6-9,12-14,17H,4-5,10-11H2,1-3H3/t13?,14?,17-/m0/s1. The summed E-state index contributed by atoms with van der Waals surface area (Å²) in [7, 11) is 1.65. The smallest absolute Gasteiger partial charge is 0.225 e. The highest BCUT2D eigenvalue weighted by molar-refractivity contribution is 5.79. The van der Waals surface area contributed by atoms with Gasteiger partial charge in [0.15, 0.2) is 0 Å². The monoisotopic (exact) mass is 303 g/mol. The Morgan fingerprint density at radius 1 is 1.23 bits per heavy atom. The van der Waals surface area contributed by atoms with Crippen LogP contribution < -0.4 is 9.47 Å². The van der Waals surface area contributed by atoms with E-state index < -0.39 is 0 Å². The normalized spacial score (nSPS) is 26.5. The number of nitrogens with zero attached hydrogens (tertiary/aromatic N) is 1. The summed E-state index contributed by atoms with van der Waals surface area (Å²) in [6, 6.07) is 8.29. The van der Waals surface area contributed by atoms with Crippen molar-refractivity contribution in [1.29, 1.82) is 0 Å². The van der Waals surface area contributed by atoms with Crippen molar-refractivity contribution in [3.63, 3.8) is 0 Å². The summed E-state index contributed by atoms with van der Waals surface area (Å²) in [6.07, 6.45) is 3.53. The molecule has 4 heteroatoms.